The second-order valence-corrected chi connectivity index (χ2v) is 8.67. The van der Waals surface area contributed by atoms with Gasteiger partial charge in [-0.1, -0.05) is 13.8 Å². The third-order valence-electron chi connectivity index (χ3n) is 4.57. The molecule has 6 atom stereocenters. The molecule has 198 valence electrons. The maximum Gasteiger partial charge on any atom is 0.326 e. The molecule has 0 amide bonds. The van der Waals surface area contributed by atoms with Gasteiger partial charge in [0.05, 0.1) is 0 Å². The fraction of sp³-hybridized carbons (Fsp3) is 0.714. The number of carboxylic acid groups (broad SMARTS) is 1. The first kappa shape index (κ1) is 30.0. The third kappa shape index (κ3) is 10.4. The minimum Gasteiger partial charge on any atom is -0.480 e. The third-order valence-corrected chi connectivity index (χ3v) is 4.81. The summed E-state index contributed by atoms with van der Waals surface area (Å²) in [4.78, 5) is 58.4. The first-order chi connectivity index (χ1) is 16.2. The molecule has 14 heteroatoms. The van der Waals surface area contributed by atoms with Gasteiger partial charge in [0, 0.05) is 27.7 Å². The highest BCUT2D eigenvalue weighted by atomic mass is 32.1. The normalized spacial score (nSPS) is 24.5. The van der Waals surface area contributed by atoms with Gasteiger partial charge in [-0.2, -0.15) is 0 Å². The number of carbonyl (C=O) groups is 5. The van der Waals surface area contributed by atoms with Crippen molar-refractivity contribution in [3.05, 3.63) is 0 Å². The number of thiocarbonyl (C=S) groups is 1. The summed E-state index contributed by atoms with van der Waals surface area (Å²) in [6.45, 7) is 7.75. The molecule has 0 aromatic carbocycles. The molecule has 1 saturated heterocycles. The largest absolute Gasteiger partial charge is 0.480 e. The van der Waals surface area contributed by atoms with Gasteiger partial charge in [-0.05, 0) is 24.6 Å². The van der Waals surface area contributed by atoms with Gasteiger partial charge in [0.2, 0.25) is 0 Å². The average molecular weight is 521 g/mol. The smallest absolute Gasteiger partial charge is 0.326 e. The van der Waals surface area contributed by atoms with E-state index in [-0.39, 0.29) is 17.5 Å². The van der Waals surface area contributed by atoms with Crippen molar-refractivity contribution in [2.75, 3.05) is 6.61 Å². The number of ether oxygens (including phenoxy) is 5. The van der Waals surface area contributed by atoms with E-state index in [1.54, 1.807) is 0 Å². The lowest BCUT2D eigenvalue weighted by molar-refractivity contribution is -0.254. The van der Waals surface area contributed by atoms with Crippen molar-refractivity contribution in [2.24, 2.45) is 5.92 Å². The number of nitrogens with one attached hydrogen (secondary N) is 2. The Kier molecular flexibility index (Phi) is 11.8. The highest BCUT2D eigenvalue weighted by molar-refractivity contribution is 7.80. The highest BCUT2D eigenvalue weighted by Gasteiger charge is 2.52. The van der Waals surface area contributed by atoms with Crippen molar-refractivity contribution in [3.63, 3.8) is 0 Å². The molecule has 13 nitrogen and oxygen atoms in total. The predicted molar refractivity (Wildman–Crippen MR) is 122 cm³/mol. The molecule has 0 aliphatic carbocycles. The Morgan fingerprint density at radius 2 is 1.40 bits per heavy atom. The fourth-order valence-electron chi connectivity index (χ4n) is 3.37. The molecule has 0 unspecified atom stereocenters. The Balaban J connectivity index is 3.31. The van der Waals surface area contributed by atoms with E-state index in [2.05, 4.69) is 10.6 Å². The quantitative estimate of drug-likeness (QED) is 0.200. The van der Waals surface area contributed by atoms with E-state index in [1.165, 1.54) is 0 Å². The van der Waals surface area contributed by atoms with Crippen molar-refractivity contribution in [2.45, 2.75) is 84.6 Å². The van der Waals surface area contributed by atoms with E-state index in [0.29, 0.717) is 0 Å². The van der Waals surface area contributed by atoms with Crippen molar-refractivity contribution >= 4 is 47.2 Å². The van der Waals surface area contributed by atoms with Crippen LogP contribution in [0, 0.1) is 5.92 Å². The summed E-state index contributed by atoms with van der Waals surface area (Å²) in [7, 11) is 0. The van der Waals surface area contributed by atoms with E-state index >= 15 is 0 Å². The van der Waals surface area contributed by atoms with Gasteiger partial charge in [-0.25, -0.2) is 4.79 Å². The van der Waals surface area contributed by atoms with Crippen LogP contribution in [-0.2, 0) is 47.7 Å². The first-order valence-electron chi connectivity index (χ1n) is 10.8. The second kappa shape index (κ2) is 13.8. The summed E-state index contributed by atoms with van der Waals surface area (Å²) in [5.74, 6) is -4.06. The molecule has 0 aromatic rings. The lowest BCUT2D eigenvalue weighted by Gasteiger charge is -2.44. The van der Waals surface area contributed by atoms with Crippen LogP contribution in [-0.4, -0.2) is 83.4 Å². The molecule has 0 saturated carbocycles. The van der Waals surface area contributed by atoms with Crippen LogP contribution in [0.25, 0.3) is 0 Å². The standard InChI is InChI=1S/C21H32N2O11S/c1-9(2)7-14(20(28)29)22-21(35)23-19-18(33-13(6)27)17(32-12(5)26)16(31-11(4)25)15(34-19)8-30-10(3)24/h9,14-19H,7-8H2,1-6H3,(H,28,29)(H2,22,23,35)/t14-,15+,16+,17-,18+,19+/m0/s1. The van der Waals surface area contributed by atoms with Crippen LogP contribution >= 0.6 is 12.2 Å². The van der Waals surface area contributed by atoms with Crippen LogP contribution < -0.4 is 10.6 Å². The molecule has 35 heavy (non-hydrogen) atoms. The van der Waals surface area contributed by atoms with Crippen molar-refractivity contribution in [1.29, 1.82) is 0 Å². The summed E-state index contributed by atoms with van der Waals surface area (Å²) in [5.41, 5.74) is 0. The minimum atomic E-state index is -1.37. The molecular weight excluding hydrogens is 488 g/mol. The molecule has 0 radical (unpaired) electrons. The molecule has 1 rings (SSSR count). The Morgan fingerprint density at radius 1 is 0.886 bits per heavy atom. The van der Waals surface area contributed by atoms with E-state index in [9.17, 15) is 29.1 Å². The Labute approximate surface area is 208 Å². The number of hydrogen-bond donors (Lipinski definition) is 3. The number of rotatable bonds is 10. The monoisotopic (exact) mass is 520 g/mol. The first-order valence-corrected chi connectivity index (χ1v) is 11.2. The Bertz CT molecular complexity index is 819. The number of hydrogen-bond acceptors (Lipinski definition) is 11. The van der Waals surface area contributed by atoms with Crippen LogP contribution in [0.2, 0.25) is 0 Å². The molecule has 0 aromatic heterocycles. The SMILES string of the molecule is CC(=O)OC[C@H]1O[C@@H](NC(=S)N[C@@H](CC(C)C)C(=O)O)[C@H](OC(C)=O)[C@@H](OC(C)=O)[C@@H]1OC(C)=O. The zero-order chi connectivity index (χ0) is 26.9. The molecule has 3 N–H and O–H groups in total. The molecule has 1 aliphatic heterocycles. The van der Waals surface area contributed by atoms with E-state index in [1.807, 2.05) is 13.8 Å². The maximum atomic E-state index is 11.8. The molecule has 0 spiro atoms. The number of carboxylic acids is 1. The molecular formula is C21H32N2O11S. The van der Waals surface area contributed by atoms with Gasteiger partial charge in [0.1, 0.15) is 18.8 Å². The Morgan fingerprint density at radius 3 is 1.86 bits per heavy atom. The van der Waals surface area contributed by atoms with Gasteiger partial charge in [-0.15, -0.1) is 0 Å². The van der Waals surface area contributed by atoms with E-state index < -0.39 is 73.1 Å². The highest BCUT2D eigenvalue weighted by Crippen LogP contribution is 2.28. The number of aliphatic carboxylic acids is 1. The number of esters is 4. The summed E-state index contributed by atoms with van der Waals surface area (Å²) in [6.07, 6.45) is -6.26. The predicted octanol–water partition coefficient (Wildman–Crippen LogP) is 0.0329. The molecule has 1 fully saturated rings. The molecule has 0 bridgehead atoms. The van der Waals surface area contributed by atoms with Crippen molar-refractivity contribution < 1.29 is 52.8 Å². The summed E-state index contributed by atoms with van der Waals surface area (Å²) >= 11 is 5.24. The number of carbonyl (C=O) groups excluding carboxylic acids is 4. The van der Waals surface area contributed by atoms with Crippen molar-refractivity contribution in [1.82, 2.24) is 10.6 Å². The molecule has 1 heterocycles. The fourth-order valence-corrected chi connectivity index (χ4v) is 3.62. The van der Waals surface area contributed by atoms with E-state index in [4.69, 9.17) is 35.9 Å². The van der Waals surface area contributed by atoms with E-state index in [0.717, 1.165) is 27.7 Å². The summed E-state index contributed by atoms with van der Waals surface area (Å²) in [6, 6.07) is -1.03. The topological polar surface area (TPSA) is 176 Å². The van der Waals surface area contributed by atoms with Crippen LogP contribution in [0.5, 0.6) is 0 Å². The van der Waals surface area contributed by atoms with Crippen molar-refractivity contribution in [3.8, 4) is 0 Å². The Hall–Kier alpha value is -3.00. The second-order valence-electron chi connectivity index (χ2n) is 8.26. The van der Waals surface area contributed by atoms with Crippen LogP contribution in [0.4, 0.5) is 0 Å². The average Bonchev–Trinajstić information content (AvgIpc) is 2.69. The lowest BCUT2D eigenvalue weighted by Crippen LogP contribution is -2.67. The summed E-state index contributed by atoms with van der Waals surface area (Å²) < 4.78 is 26.8. The van der Waals surface area contributed by atoms with Gasteiger partial charge in [0.15, 0.2) is 29.7 Å². The van der Waals surface area contributed by atoms with Crippen LogP contribution in [0.3, 0.4) is 0 Å². The zero-order valence-corrected chi connectivity index (χ0v) is 21.2. The molecule has 1 aliphatic rings. The lowest BCUT2D eigenvalue weighted by atomic mass is 9.97. The van der Waals surface area contributed by atoms with Crippen LogP contribution in [0.1, 0.15) is 48.0 Å². The maximum absolute atomic E-state index is 11.8. The van der Waals surface area contributed by atoms with Gasteiger partial charge >= 0.3 is 29.8 Å². The zero-order valence-electron chi connectivity index (χ0n) is 20.4. The minimum absolute atomic E-state index is 0.0390. The van der Waals surface area contributed by atoms with Crippen LogP contribution in [0.15, 0.2) is 0 Å². The van der Waals surface area contributed by atoms with Gasteiger partial charge in [-0.3, -0.25) is 19.2 Å². The van der Waals surface area contributed by atoms with Gasteiger partial charge < -0.3 is 39.4 Å². The summed E-state index contributed by atoms with van der Waals surface area (Å²) in [5, 5.41) is 14.7. The van der Waals surface area contributed by atoms with Gasteiger partial charge in [0.25, 0.3) is 0 Å².